The average Bonchev–Trinajstić information content (AvgIpc) is 2.59. The first kappa shape index (κ1) is 25.3. The molecule has 2 rings (SSSR count). The molecule has 3 atom stereocenters. The summed E-state index contributed by atoms with van der Waals surface area (Å²) in [5, 5.41) is -1.65. The Morgan fingerprint density at radius 3 is 1.56 bits per heavy atom. The largest absolute Gasteiger partial charge is 0.316 e. The summed E-state index contributed by atoms with van der Waals surface area (Å²) in [5.74, 6) is 0.830. The molecule has 0 fully saturated rings. The molecule has 1 heterocycles. The molecule has 11 heteroatoms. The van der Waals surface area contributed by atoms with Crippen molar-refractivity contribution in [3.63, 3.8) is 0 Å². The van der Waals surface area contributed by atoms with E-state index in [4.69, 9.17) is 86.9 Å². The smallest absolute Gasteiger partial charge is 0.163 e. The number of aryl methyl sites for hydroxylation is 1. The summed E-state index contributed by atoms with van der Waals surface area (Å²) < 4.78 is 0. The zero-order valence-electron chi connectivity index (χ0n) is 14.3. The number of halogens is 7. The predicted octanol–water partition coefficient (Wildman–Crippen LogP) is 6.54. The molecular weight excluding hydrogens is 496 g/mol. The van der Waals surface area contributed by atoms with Crippen LogP contribution in [0.1, 0.15) is 34.9 Å². The summed E-state index contributed by atoms with van der Waals surface area (Å²) in [6.45, 7) is 3.65. The van der Waals surface area contributed by atoms with E-state index in [-0.39, 0.29) is 17.1 Å². The van der Waals surface area contributed by atoms with Gasteiger partial charge in [0, 0.05) is 5.56 Å². The minimum atomic E-state index is -0.895. The summed E-state index contributed by atoms with van der Waals surface area (Å²) >= 11 is 40.7. The monoisotopic (exact) mass is 510 g/mol. The molecule has 150 valence electrons. The third-order valence-electron chi connectivity index (χ3n) is 2.99. The van der Waals surface area contributed by atoms with Crippen LogP contribution >= 0.6 is 81.2 Å². The number of alkyl halides is 7. The lowest BCUT2D eigenvalue weighted by molar-refractivity contribution is 0.790. The highest BCUT2D eigenvalue weighted by atomic mass is 35.5. The van der Waals surface area contributed by atoms with E-state index >= 15 is 0 Å². The molecule has 0 aliphatic rings. The van der Waals surface area contributed by atoms with Gasteiger partial charge in [-0.2, -0.15) is 0 Å². The van der Waals surface area contributed by atoms with Gasteiger partial charge in [0.15, 0.2) is 17.5 Å². The quantitative estimate of drug-likeness (QED) is 0.364. The molecule has 4 nitrogen and oxygen atoms in total. The van der Waals surface area contributed by atoms with E-state index in [2.05, 4.69) is 15.0 Å². The molecule has 0 amide bonds. The number of rotatable bonds is 5. The van der Waals surface area contributed by atoms with Gasteiger partial charge in [-0.05, 0) is 19.4 Å². The van der Waals surface area contributed by atoms with Gasteiger partial charge in [-0.1, -0.05) is 24.3 Å². The fourth-order valence-corrected chi connectivity index (χ4v) is 2.47. The van der Waals surface area contributed by atoms with Crippen LogP contribution in [0.3, 0.4) is 0 Å². The van der Waals surface area contributed by atoms with Gasteiger partial charge in [0.25, 0.3) is 0 Å². The Balaban J connectivity index is 0.000000828. The van der Waals surface area contributed by atoms with E-state index in [1.54, 1.807) is 6.92 Å². The number of benzene rings is 1. The zero-order chi connectivity index (χ0) is 20.7. The summed E-state index contributed by atoms with van der Waals surface area (Å²) in [6, 6.07) is 7.60. The molecule has 0 spiro atoms. The third-order valence-corrected chi connectivity index (χ3v) is 5.41. The van der Waals surface area contributed by atoms with E-state index in [0.29, 0.717) is 5.82 Å². The van der Waals surface area contributed by atoms with E-state index in [1.807, 2.05) is 31.2 Å². The minimum absolute atomic E-state index is 0.194. The van der Waals surface area contributed by atoms with Gasteiger partial charge in [-0.3, -0.25) is 0 Å². The second kappa shape index (κ2) is 12.0. The number of hydrogen-bond acceptors (Lipinski definition) is 4. The van der Waals surface area contributed by atoms with Crippen LogP contribution in [0.5, 0.6) is 0 Å². The standard InChI is InChI=1S/C14H11Cl6N3.C2H6ClN/c1-6-4-2-3-5-7(6)12-21-13(8(15)10(17)18)23-14(22-12)9(16)11(19)20;1-2(3)4/h2-5,8-11H,1H3;2H,4H2,1H3. The first-order valence-corrected chi connectivity index (χ1v) is 10.7. The molecule has 0 bridgehead atoms. The highest BCUT2D eigenvalue weighted by Gasteiger charge is 2.26. The van der Waals surface area contributed by atoms with E-state index in [0.717, 1.165) is 11.1 Å². The van der Waals surface area contributed by atoms with Crippen LogP contribution < -0.4 is 5.73 Å². The van der Waals surface area contributed by atoms with E-state index in [1.165, 1.54) is 0 Å². The third kappa shape index (κ3) is 8.23. The molecule has 2 N–H and O–H groups in total. The highest BCUT2D eigenvalue weighted by Crippen LogP contribution is 2.33. The number of nitrogens with zero attached hydrogens (tertiary/aromatic N) is 3. The van der Waals surface area contributed by atoms with Crippen molar-refractivity contribution in [2.75, 3.05) is 0 Å². The maximum Gasteiger partial charge on any atom is 0.163 e. The number of aromatic nitrogens is 3. The molecule has 3 unspecified atom stereocenters. The van der Waals surface area contributed by atoms with E-state index < -0.39 is 20.4 Å². The SMILES string of the molecule is CC(N)Cl.Cc1ccccc1-c1nc(C(Cl)C(Cl)Cl)nc(C(Cl)C(Cl)Cl)n1. The second-order valence-electron chi connectivity index (χ2n) is 5.34. The minimum Gasteiger partial charge on any atom is -0.316 e. The molecule has 27 heavy (non-hydrogen) atoms. The summed E-state index contributed by atoms with van der Waals surface area (Å²) in [6.07, 6.45) is 0. The molecule has 0 radical (unpaired) electrons. The topological polar surface area (TPSA) is 64.7 Å². The molecule has 0 aliphatic heterocycles. The lowest BCUT2D eigenvalue weighted by atomic mass is 10.1. The van der Waals surface area contributed by atoms with Crippen molar-refractivity contribution in [1.29, 1.82) is 0 Å². The molecular formula is C16H17Cl7N4. The van der Waals surface area contributed by atoms with Crippen LogP contribution in [0.4, 0.5) is 0 Å². The molecule has 2 aromatic rings. The Morgan fingerprint density at radius 2 is 1.19 bits per heavy atom. The normalized spacial score (nSPS) is 14.5. The Morgan fingerprint density at radius 1 is 0.778 bits per heavy atom. The van der Waals surface area contributed by atoms with Crippen LogP contribution in [-0.2, 0) is 0 Å². The van der Waals surface area contributed by atoms with Gasteiger partial charge in [0.2, 0.25) is 0 Å². The Kier molecular flexibility index (Phi) is 11.3. The van der Waals surface area contributed by atoms with Gasteiger partial charge >= 0.3 is 0 Å². The van der Waals surface area contributed by atoms with E-state index in [9.17, 15) is 0 Å². The van der Waals surface area contributed by atoms with Gasteiger partial charge < -0.3 is 5.73 Å². The maximum atomic E-state index is 6.17. The Hall–Kier alpha value is 0.220. The number of nitrogens with two attached hydrogens (primary N) is 1. The molecule has 1 aromatic carbocycles. The molecule has 0 aliphatic carbocycles. The van der Waals surface area contributed by atoms with Crippen molar-refractivity contribution < 1.29 is 0 Å². The molecule has 1 aromatic heterocycles. The summed E-state index contributed by atoms with van der Waals surface area (Å²) in [4.78, 5) is 11.1. The van der Waals surface area contributed by atoms with Gasteiger partial charge in [-0.25, -0.2) is 15.0 Å². The lowest BCUT2D eigenvalue weighted by Gasteiger charge is -2.15. The Labute approximate surface area is 193 Å². The van der Waals surface area contributed by atoms with Crippen LogP contribution in [-0.4, -0.2) is 30.1 Å². The molecule has 0 saturated carbocycles. The zero-order valence-corrected chi connectivity index (χ0v) is 19.6. The summed E-state index contributed by atoms with van der Waals surface area (Å²) in [7, 11) is 0. The maximum absolute atomic E-state index is 6.17. The fourth-order valence-electron chi connectivity index (χ4n) is 1.83. The van der Waals surface area contributed by atoms with Crippen molar-refractivity contribution in [3.05, 3.63) is 41.5 Å². The molecule has 0 saturated heterocycles. The van der Waals surface area contributed by atoms with Crippen molar-refractivity contribution >= 4 is 81.2 Å². The first-order chi connectivity index (χ1) is 12.5. The Bertz CT molecular complexity index is 693. The number of hydrogen-bond donors (Lipinski definition) is 1. The fraction of sp³-hybridized carbons (Fsp3) is 0.438. The van der Waals surface area contributed by atoms with Gasteiger partial charge in [0.05, 0.1) is 5.50 Å². The predicted molar refractivity (Wildman–Crippen MR) is 118 cm³/mol. The average molecular weight is 514 g/mol. The van der Waals surface area contributed by atoms with Crippen LogP contribution in [0.15, 0.2) is 24.3 Å². The summed E-state index contributed by atoms with van der Waals surface area (Å²) in [5.41, 5.74) is 6.47. The van der Waals surface area contributed by atoms with Crippen molar-refractivity contribution in [3.8, 4) is 11.4 Å². The van der Waals surface area contributed by atoms with Crippen LogP contribution in [0.2, 0.25) is 0 Å². The van der Waals surface area contributed by atoms with Gasteiger partial charge in [-0.15, -0.1) is 81.2 Å². The second-order valence-corrected chi connectivity index (χ2v) is 9.30. The van der Waals surface area contributed by atoms with Crippen LogP contribution in [0, 0.1) is 6.92 Å². The highest BCUT2D eigenvalue weighted by molar-refractivity contribution is 6.48. The first-order valence-electron chi connectivity index (χ1n) is 7.60. The lowest BCUT2D eigenvalue weighted by Crippen LogP contribution is -2.14. The van der Waals surface area contributed by atoms with Gasteiger partial charge in [0.1, 0.15) is 20.4 Å². The van der Waals surface area contributed by atoms with Crippen LogP contribution in [0.25, 0.3) is 11.4 Å². The van der Waals surface area contributed by atoms with Crippen molar-refractivity contribution in [1.82, 2.24) is 15.0 Å². The van der Waals surface area contributed by atoms with Crippen molar-refractivity contribution in [2.45, 2.75) is 39.8 Å². The van der Waals surface area contributed by atoms with Crippen molar-refractivity contribution in [2.24, 2.45) is 5.73 Å².